The van der Waals surface area contributed by atoms with E-state index in [0.717, 1.165) is 38.4 Å². The summed E-state index contributed by atoms with van der Waals surface area (Å²) < 4.78 is 7.09. The fourth-order valence-corrected chi connectivity index (χ4v) is 4.06. The second kappa shape index (κ2) is 9.00. The molecule has 0 bridgehead atoms. The molecule has 0 radical (unpaired) electrons. The summed E-state index contributed by atoms with van der Waals surface area (Å²) in [7, 11) is 0. The Labute approximate surface area is 165 Å². The number of amides is 2. The highest BCUT2D eigenvalue weighted by Crippen LogP contribution is 2.31. The third-order valence-electron chi connectivity index (χ3n) is 5.92. The molecule has 3 heterocycles. The molecule has 9 nitrogen and oxygen atoms in total. The molecular weight excluding hydrogens is 360 g/mol. The lowest BCUT2D eigenvalue weighted by atomic mass is 9.95. The second-order valence-electron chi connectivity index (χ2n) is 8.32. The van der Waals surface area contributed by atoms with Crippen LogP contribution in [-0.2, 0) is 20.9 Å². The monoisotopic (exact) mass is 390 g/mol. The number of ether oxygens (including phenoxy) is 1. The maximum Gasteiger partial charge on any atom is 0.248 e. The van der Waals surface area contributed by atoms with Crippen LogP contribution in [0.3, 0.4) is 0 Å². The van der Waals surface area contributed by atoms with Crippen LogP contribution in [0.25, 0.3) is 0 Å². The predicted octanol–water partition coefficient (Wildman–Crippen LogP) is -0.256. The molecule has 1 aliphatic carbocycles. The summed E-state index contributed by atoms with van der Waals surface area (Å²) in [6.45, 7) is 5.56. The van der Waals surface area contributed by atoms with E-state index in [1.54, 1.807) is 6.20 Å². The van der Waals surface area contributed by atoms with Gasteiger partial charge in [-0.05, 0) is 50.6 Å². The number of nitrogens with one attached hydrogen (secondary N) is 1. The predicted molar refractivity (Wildman–Crippen MR) is 101 cm³/mol. The summed E-state index contributed by atoms with van der Waals surface area (Å²) in [4.78, 5) is 28.8. The number of aromatic nitrogens is 3. The van der Waals surface area contributed by atoms with Crippen molar-refractivity contribution >= 4 is 11.8 Å². The summed E-state index contributed by atoms with van der Waals surface area (Å²) >= 11 is 0. The molecule has 154 valence electrons. The maximum absolute atomic E-state index is 12.3. The summed E-state index contributed by atoms with van der Waals surface area (Å²) in [5.41, 5.74) is 0. The average Bonchev–Trinajstić information content (AvgIpc) is 3.36. The molecule has 2 aliphatic heterocycles. The third kappa shape index (κ3) is 5.51. The van der Waals surface area contributed by atoms with Crippen molar-refractivity contribution in [2.75, 3.05) is 45.9 Å². The molecule has 1 aromatic heterocycles. The van der Waals surface area contributed by atoms with E-state index in [4.69, 9.17) is 4.74 Å². The summed E-state index contributed by atoms with van der Waals surface area (Å²) in [5, 5.41) is 10.3. The zero-order valence-corrected chi connectivity index (χ0v) is 16.3. The Morgan fingerprint density at radius 3 is 2.68 bits per heavy atom. The number of rotatable bonds is 8. The van der Waals surface area contributed by atoms with E-state index >= 15 is 0 Å². The van der Waals surface area contributed by atoms with Gasteiger partial charge >= 0.3 is 0 Å². The van der Waals surface area contributed by atoms with E-state index in [-0.39, 0.29) is 31.1 Å². The number of hydrogen-bond donors (Lipinski definition) is 1. The topological polar surface area (TPSA) is 92.6 Å². The highest BCUT2D eigenvalue weighted by molar-refractivity contribution is 5.78. The first-order valence-electron chi connectivity index (χ1n) is 10.4. The molecule has 1 aromatic rings. The van der Waals surface area contributed by atoms with Crippen molar-refractivity contribution in [1.82, 2.24) is 30.1 Å². The Balaban J connectivity index is 1.18. The van der Waals surface area contributed by atoms with E-state index in [2.05, 4.69) is 20.5 Å². The standard InChI is InChI=1S/C19H30N6O3/c26-18(13-25-8-5-21-22-25)20-9-17-12-24(19(27)14-28-17)11-16-3-6-23(7-4-16)10-15-1-2-15/h5,8,15-17H,1-4,6-7,9-14H2,(H,20,26)/t17-/m0/s1. The molecule has 3 fully saturated rings. The van der Waals surface area contributed by atoms with Crippen LogP contribution >= 0.6 is 0 Å². The van der Waals surface area contributed by atoms with Crippen LogP contribution in [0.4, 0.5) is 0 Å². The van der Waals surface area contributed by atoms with Crippen molar-refractivity contribution in [1.29, 1.82) is 0 Å². The molecule has 28 heavy (non-hydrogen) atoms. The first-order chi connectivity index (χ1) is 13.7. The first-order valence-corrected chi connectivity index (χ1v) is 10.4. The van der Waals surface area contributed by atoms with Crippen LogP contribution in [0.15, 0.2) is 12.4 Å². The quantitative estimate of drug-likeness (QED) is 0.658. The van der Waals surface area contributed by atoms with Gasteiger partial charge in [0.2, 0.25) is 11.8 Å². The van der Waals surface area contributed by atoms with Gasteiger partial charge < -0.3 is 19.9 Å². The summed E-state index contributed by atoms with van der Waals surface area (Å²) in [5.74, 6) is 1.43. The first kappa shape index (κ1) is 19.3. The molecule has 1 N–H and O–H groups in total. The molecule has 9 heteroatoms. The van der Waals surface area contributed by atoms with E-state index in [1.807, 2.05) is 4.90 Å². The van der Waals surface area contributed by atoms with Gasteiger partial charge in [-0.1, -0.05) is 5.21 Å². The van der Waals surface area contributed by atoms with Crippen molar-refractivity contribution in [2.24, 2.45) is 11.8 Å². The maximum atomic E-state index is 12.3. The lowest BCUT2D eigenvalue weighted by Crippen LogP contribution is -2.52. The molecular formula is C19H30N6O3. The van der Waals surface area contributed by atoms with E-state index in [0.29, 0.717) is 19.0 Å². The van der Waals surface area contributed by atoms with E-state index < -0.39 is 0 Å². The van der Waals surface area contributed by atoms with Crippen molar-refractivity contribution in [2.45, 2.75) is 38.3 Å². The van der Waals surface area contributed by atoms with Gasteiger partial charge in [-0.15, -0.1) is 5.10 Å². The van der Waals surface area contributed by atoms with Crippen LogP contribution < -0.4 is 5.32 Å². The lowest BCUT2D eigenvalue weighted by molar-refractivity contribution is -0.150. The normalized spacial score (nSPS) is 24.5. The Morgan fingerprint density at radius 2 is 1.96 bits per heavy atom. The van der Waals surface area contributed by atoms with Gasteiger partial charge in [-0.2, -0.15) is 0 Å². The summed E-state index contributed by atoms with van der Waals surface area (Å²) in [6.07, 6.45) is 8.16. The molecule has 1 saturated carbocycles. The van der Waals surface area contributed by atoms with Gasteiger partial charge in [0.25, 0.3) is 0 Å². The number of morpholine rings is 1. The van der Waals surface area contributed by atoms with Crippen LogP contribution in [0.5, 0.6) is 0 Å². The van der Waals surface area contributed by atoms with Crippen molar-refractivity contribution < 1.29 is 14.3 Å². The summed E-state index contributed by atoms with van der Waals surface area (Å²) in [6, 6.07) is 0. The molecule has 4 rings (SSSR count). The fraction of sp³-hybridized carbons (Fsp3) is 0.789. The van der Waals surface area contributed by atoms with Gasteiger partial charge in [0.1, 0.15) is 13.2 Å². The van der Waals surface area contributed by atoms with Gasteiger partial charge in [-0.25, -0.2) is 4.68 Å². The Kier molecular flexibility index (Phi) is 6.21. The molecule has 2 saturated heterocycles. The number of carbonyl (C=O) groups excluding carboxylic acids is 2. The highest BCUT2D eigenvalue weighted by atomic mass is 16.5. The second-order valence-corrected chi connectivity index (χ2v) is 8.32. The zero-order chi connectivity index (χ0) is 19.3. The molecule has 0 aromatic carbocycles. The Morgan fingerprint density at radius 1 is 1.18 bits per heavy atom. The number of carbonyl (C=O) groups is 2. The van der Waals surface area contributed by atoms with Crippen molar-refractivity contribution in [3.63, 3.8) is 0 Å². The van der Waals surface area contributed by atoms with Crippen LogP contribution in [0, 0.1) is 11.8 Å². The minimum Gasteiger partial charge on any atom is -0.365 e. The largest absolute Gasteiger partial charge is 0.365 e. The number of piperidine rings is 1. The van der Waals surface area contributed by atoms with Crippen molar-refractivity contribution in [3.05, 3.63) is 12.4 Å². The molecule has 0 unspecified atom stereocenters. The van der Waals surface area contributed by atoms with Crippen LogP contribution in [0.2, 0.25) is 0 Å². The van der Waals surface area contributed by atoms with Gasteiger partial charge in [0.15, 0.2) is 0 Å². The third-order valence-corrected chi connectivity index (χ3v) is 5.92. The average molecular weight is 390 g/mol. The SMILES string of the molecule is O=C(Cn1ccnn1)NC[C@H]1CN(CC2CCN(CC3CC3)CC2)C(=O)CO1. The number of likely N-dealkylation sites (tertiary alicyclic amines) is 1. The zero-order valence-electron chi connectivity index (χ0n) is 16.3. The fourth-order valence-electron chi connectivity index (χ4n) is 4.06. The van der Waals surface area contributed by atoms with Gasteiger partial charge in [0, 0.05) is 32.4 Å². The molecule has 2 amide bonds. The smallest absolute Gasteiger partial charge is 0.248 e. The van der Waals surface area contributed by atoms with Crippen molar-refractivity contribution in [3.8, 4) is 0 Å². The highest BCUT2D eigenvalue weighted by Gasteiger charge is 2.31. The minimum absolute atomic E-state index is 0.0607. The van der Waals surface area contributed by atoms with E-state index in [1.165, 1.54) is 30.3 Å². The Bertz CT molecular complexity index is 655. The molecule has 3 aliphatic rings. The van der Waals surface area contributed by atoms with Gasteiger partial charge in [-0.3, -0.25) is 9.59 Å². The van der Waals surface area contributed by atoms with Crippen LogP contribution in [-0.4, -0.2) is 88.6 Å². The van der Waals surface area contributed by atoms with Crippen LogP contribution in [0.1, 0.15) is 25.7 Å². The Hall–Kier alpha value is -2.00. The van der Waals surface area contributed by atoms with Gasteiger partial charge in [0.05, 0.1) is 12.3 Å². The molecule has 0 spiro atoms. The lowest BCUT2D eigenvalue weighted by Gasteiger charge is -2.38. The number of hydrogen-bond acceptors (Lipinski definition) is 6. The van der Waals surface area contributed by atoms with E-state index in [9.17, 15) is 9.59 Å². The molecule has 1 atom stereocenters. The number of nitrogens with zero attached hydrogens (tertiary/aromatic N) is 5. The minimum atomic E-state index is -0.160.